The van der Waals surface area contributed by atoms with Crippen LogP contribution in [0.4, 0.5) is 4.39 Å². The Kier molecular flexibility index (Phi) is 4.77. The molecule has 1 saturated heterocycles. The summed E-state index contributed by atoms with van der Waals surface area (Å²) >= 11 is 0. The van der Waals surface area contributed by atoms with Crippen LogP contribution >= 0.6 is 0 Å². The fourth-order valence-electron chi connectivity index (χ4n) is 2.47. The molecule has 4 heteroatoms. The molecule has 0 aliphatic carbocycles. The third-order valence-corrected chi connectivity index (χ3v) is 3.84. The Morgan fingerprint density at radius 2 is 2.05 bits per heavy atom. The molecular formula is C15H23FN2O. The molecule has 2 rings (SSSR count). The molecule has 1 aromatic carbocycles. The molecule has 0 aromatic heterocycles. The second kappa shape index (κ2) is 6.35. The molecule has 0 radical (unpaired) electrons. The van der Waals surface area contributed by atoms with Gasteiger partial charge in [-0.3, -0.25) is 0 Å². The van der Waals surface area contributed by atoms with Crippen molar-refractivity contribution in [2.45, 2.75) is 31.9 Å². The molecule has 0 spiro atoms. The van der Waals surface area contributed by atoms with E-state index >= 15 is 0 Å². The monoisotopic (exact) mass is 266 g/mol. The minimum absolute atomic E-state index is 0.0533. The summed E-state index contributed by atoms with van der Waals surface area (Å²) < 4.78 is 20.0. The van der Waals surface area contributed by atoms with Gasteiger partial charge >= 0.3 is 0 Å². The van der Waals surface area contributed by atoms with Crippen LogP contribution in [-0.2, 0) is 0 Å². The molecule has 0 bridgehead atoms. The Morgan fingerprint density at radius 1 is 1.37 bits per heavy atom. The SMILES string of the molecule is CNC(C)c1c(F)cccc1OC1CCN(C)CC1. The smallest absolute Gasteiger partial charge is 0.131 e. The van der Waals surface area contributed by atoms with Crippen molar-refractivity contribution in [3.63, 3.8) is 0 Å². The van der Waals surface area contributed by atoms with Crippen molar-refractivity contribution in [2.24, 2.45) is 0 Å². The van der Waals surface area contributed by atoms with Crippen LogP contribution in [0.1, 0.15) is 31.4 Å². The van der Waals surface area contributed by atoms with Gasteiger partial charge in [-0.25, -0.2) is 4.39 Å². The van der Waals surface area contributed by atoms with Crippen LogP contribution in [-0.4, -0.2) is 38.2 Å². The van der Waals surface area contributed by atoms with Crippen LogP contribution in [0.25, 0.3) is 0 Å². The number of ether oxygens (including phenoxy) is 1. The molecule has 1 unspecified atom stereocenters. The number of piperidine rings is 1. The minimum atomic E-state index is -0.202. The van der Waals surface area contributed by atoms with Crippen LogP contribution in [0.5, 0.6) is 5.75 Å². The highest BCUT2D eigenvalue weighted by Crippen LogP contribution is 2.29. The van der Waals surface area contributed by atoms with Crippen molar-refractivity contribution in [1.82, 2.24) is 10.2 Å². The number of benzene rings is 1. The Morgan fingerprint density at radius 3 is 2.68 bits per heavy atom. The van der Waals surface area contributed by atoms with Crippen LogP contribution in [0.3, 0.4) is 0 Å². The molecular weight excluding hydrogens is 243 g/mol. The molecule has 1 aliphatic rings. The Hall–Kier alpha value is -1.13. The zero-order valence-electron chi connectivity index (χ0n) is 11.9. The van der Waals surface area contributed by atoms with Gasteiger partial charge in [-0.05, 0) is 46.0 Å². The number of halogens is 1. The van der Waals surface area contributed by atoms with E-state index in [0.29, 0.717) is 11.3 Å². The molecule has 19 heavy (non-hydrogen) atoms. The lowest BCUT2D eigenvalue weighted by molar-refractivity contribution is 0.112. The molecule has 0 saturated carbocycles. The Bertz CT molecular complexity index is 417. The predicted molar refractivity (Wildman–Crippen MR) is 75.0 cm³/mol. The molecule has 1 aromatic rings. The zero-order valence-corrected chi connectivity index (χ0v) is 11.9. The van der Waals surface area contributed by atoms with Gasteiger partial charge in [0.05, 0.1) is 0 Å². The van der Waals surface area contributed by atoms with Gasteiger partial charge in [-0.1, -0.05) is 6.07 Å². The first-order chi connectivity index (χ1) is 9.11. The molecule has 106 valence electrons. The van der Waals surface area contributed by atoms with Crippen molar-refractivity contribution in [2.75, 3.05) is 27.2 Å². The lowest BCUT2D eigenvalue weighted by Gasteiger charge is -2.30. The molecule has 1 fully saturated rings. The number of nitrogens with zero attached hydrogens (tertiary/aromatic N) is 1. The van der Waals surface area contributed by atoms with E-state index in [0.717, 1.165) is 25.9 Å². The summed E-state index contributed by atoms with van der Waals surface area (Å²) in [7, 11) is 3.95. The summed E-state index contributed by atoms with van der Waals surface area (Å²) in [6.45, 7) is 4.02. The molecule has 1 atom stereocenters. The van der Waals surface area contributed by atoms with Crippen LogP contribution in [0.15, 0.2) is 18.2 Å². The van der Waals surface area contributed by atoms with E-state index in [9.17, 15) is 4.39 Å². The summed E-state index contributed by atoms with van der Waals surface area (Å²) in [5.41, 5.74) is 0.629. The first-order valence-electron chi connectivity index (χ1n) is 6.92. The molecule has 1 aliphatic heterocycles. The average Bonchev–Trinajstić information content (AvgIpc) is 2.41. The van der Waals surface area contributed by atoms with Crippen molar-refractivity contribution in [3.05, 3.63) is 29.6 Å². The maximum Gasteiger partial charge on any atom is 0.131 e. The first-order valence-corrected chi connectivity index (χ1v) is 6.92. The van der Waals surface area contributed by atoms with E-state index in [1.807, 2.05) is 20.0 Å². The quantitative estimate of drug-likeness (QED) is 0.906. The lowest BCUT2D eigenvalue weighted by Crippen LogP contribution is -2.36. The second-order valence-electron chi connectivity index (χ2n) is 5.28. The standard InChI is InChI=1S/C15H23FN2O/c1-11(17-2)15-13(16)5-4-6-14(15)19-12-7-9-18(3)10-8-12/h4-6,11-12,17H,7-10H2,1-3H3. The van der Waals surface area contributed by atoms with E-state index in [-0.39, 0.29) is 18.0 Å². The van der Waals surface area contributed by atoms with Crippen molar-refractivity contribution >= 4 is 0 Å². The number of hydrogen-bond donors (Lipinski definition) is 1. The summed E-state index contributed by atoms with van der Waals surface area (Å²) in [5, 5.41) is 3.08. The topological polar surface area (TPSA) is 24.5 Å². The molecule has 1 N–H and O–H groups in total. The zero-order chi connectivity index (χ0) is 13.8. The van der Waals surface area contributed by atoms with Crippen LogP contribution in [0.2, 0.25) is 0 Å². The summed E-state index contributed by atoms with van der Waals surface area (Å²) in [5.74, 6) is 0.476. The number of likely N-dealkylation sites (tertiary alicyclic amines) is 1. The van der Waals surface area contributed by atoms with Gasteiger partial charge in [0.2, 0.25) is 0 Å². The highest BCUT2D eigenvalue weighted by molar-refractivity contribution is 5.37. The van der Waals surface area contributed by atoms with Crippen LogP contribution in [0, 0.1) is 5.82 Å². The van der Waals surface area contributed by atoms with E-state index in [4.69, 9.17) is 4.74 Å². The van der Waals surface area contributed by atoms with Gasteiger partial charge in [0.1, 0.15) is 17.7 Å². The van der Waals surface area contributed by atoms with E-state index in [2.05, 4.69) is 17.3 Å². The third kappa shape index (κ3) is 3.45. The molecule has 0 amide bonds. The molecule has 3 nitrogen and oxygen atoms in total. The fraction of sp³-hybridized carbons (Fsp3) is 0.600. The van der Waals surface area contributed by atoms with Gasteiger partial charge in [-0.15, -0.1) is 0 Å². The van der Waals surface area contributed by atoms with Gasteiger partial charge in [0.25, 0.3) is 0 Å². The second-order valence-corrected chi connectivity index (χ2v) is 5.28. The maximum atomic E-state index is 14.0. The van der Waals surface area contributed by atoms with Crippen LogP contribution < -0.4 is 10.1 Å². The Labute approximate surface area is 114 Å². The van der Waals surface area contributed by atoms with Gasteiger partial charge < -0.3 is 15.0 Å². The normalized spacial score (nSPS) is 19.4. The van der Waals surface area contributed by atoms with Crippen molar-refractivity contribution in [3.8, 4) is 5.75 Å². The number of nitrogens with one attached hydrogen (secondary N) is 1. The number of hydrogen-bond acceptors (Lipinski definition) is 3. The third-order valence-electron chi connectivity index (χ3n) is 3.84. The number of rotatable bonds is 4. The molecule has 1 heterocycles. The van der Waals surface area contributed by atoms with E-state index < -0.39 is 0 Å². The summed E-state index contributed by atoms with van der Waals surface area (Å²) in [6.07, 6.45) is 2.20. The highest BCUT2D eigenvalue weighted by atomic mass is 19.1. The average molecular weight is 266 g/mol. The van der Waals surface area contributed by atoms with Crippen molar-refractivity contribution in [1.29, 1.82) is 0 Å². The summed E-state index contributed by atoms with van der Waals surface area (Å²) in [6, 6.07) is 5.02. The van der Waals surface area contributed by atoms with Gasteiger partial charge in [0, 0.05) is 24.7 Å². The van der Waals surface area contributed by atoms with Gasteiger partial charge in [-0.2, -0.15) is 0 Å². The summed E-state index contributed by atoms with van der Waals surface area (Å²) in [4.78, 5) is 2.29. The minimum Gasteiger partial charge on any atom is -0.490 e. The van der Waals surface area contributed by atoms with E-state index in [1.165, 1.54) is 6.07 Å². The van der Waals surface area contributed by atoms with E-state index in [1.54, 1.807) is 6.07 Å². The lowest BCUT2D eigenvalue weighted by atomic mass is 10.1. The van der Waals surface area contributed by atoms with Gasteiger partial charge in [0.15, 0.2) is 0 Å². The maximum absolute atomic E-state index is 14.0. The first kappa shape index (κ1) is 14.3. The van der Waals surface area contributed by atoms with Crippen molar-refractivity contribution < 1.29 is 9.13 Å². The largest absolute Gasteiger partial charge is 0.490 e. The Balaban J connectivity index is 2.13. The predicted octanol–water partition coefficient (Wildman–Crippen LogP) is 2.58. The highest BCUT2D eigenvalue weighted by Gasteiger charge is 2.21. The fourth-order valence-corrected chi connectivity index (χ4v) is 2.47.